The van der Waals surface area contributed by atoms with Gasteiger partial charge in [0.2, 0.25) is 17.7 Å². The monoisotopic (exact) mass is 373 g/mol. The molecule has 2 aromatic carbocycles. The molecule has 28 heavy (non-hydrogen) atoms. The lowest BCUT2D eigenvalue weighted by molar-refractivity contribution is -0.141. The number of hydrogen-bond donors (Lipinski definition) is 1. The summed E-state index contributed by atoms with van der Waals surface area (Å²) in [5.41, 5.74) is 2.01. The van der Waals surface area contributed by atoms with Gasteiger partial charge in [-0.05, 0) is 24.1 Å². The second-order valence-corrected chi connectivity index (χ2v) is 7.42. The number of amides is 3. The van der Waals surface area contributed by atoms with E-state index in [1.165, 1.54) is 9.80 Å². The van der Waals surface area contributed by atoms with Crippen molar-refractivity contribution in [2.24, 2.45) is 0 Å². The zero-order chi connectivity index (χ0) is 19.5. The molecule has 1 spiro atoms. The molecule has 2 aliphatic rings. The SMILES string of the molecule is CN1C(=O)[C@]2(CC(=O)N(CCc3c[nH]c4ccccc34)C2=O)c2ccccc21. The first kappa shape index (κ1) is 16.7. The largest absolute Gasteiger partial charge is 0.361 e. The molecule has 0 radical (unpaired) electrons. The lowest BCUT2D eigenvalue weighted by Crippen LogP contribution is -2.45. The fourth-order valence-electron chi connectivity index (χ4n) is 4.55. The van der Waals surface area contributed by atoms with Crippen molar-refractivity contribution in [3.8, 4) is 0 Å². The summed E-state index contributed by atoms with van der Waals surface area (Å²) in [4.78, 5) is 45.1. The number of anilines is 1. The molecule has 6 nitrogen and oxygen atoms in total. The Kier molecular flexibility index (Phi) is 3.46. The first-order chi connectivity index (χ1) is 13.5. The molecule has 1 saturated heterocycles. The summed E-state index contributed by atoms with van der Waals surface area (Å²) >= 11 is 0. The molecule has 1 atom stereocenters. The maximum absolute atomic E-state index is 13.3. The van der Waals surface area contributed by atoms with Crippen LogP contribution in [-0.4, -0.2) is 41.2 Å². The van der Waals surface area contributed by atoms with Crippen LogP contribution in [0.2, 0.25) is 0 Å². The zero-order valence-corrected chi connectivity index (χ0v) is 15.4. The van der Waals surface area contributed by atoms with Gasteiger partial charge in [0, 0.05) is 41.9 Å². The van der Waals surface area contributed by atoms with Crippen molar-refractivity contribution < 1.29 is 14.4 Å². The van der Waals surface area contributed by atoms with Gasteiger partial charge in [-0.2, -0.15) is 0 Å². The summed E-state index contributed by atoms with van der Waals surface area (Å²) in [5.74, 6) is -1.01. The third-order valence-electron chi connectivity index (χ3n) is 6.00. The molecule has 2 aliphatic heterocycles. The van der Waals surface area contributed by atoms with Gasteiger partial charge in [0.15, 0.2) is 5.41 Å². The van der Waals surface area contributed by atoms with Gasteiger partial charge in [0.1, 0.15) is 0 Å². The number of aromatic nitrogens is 1. The van der Waals surface area contributed by atoms with Crippen molar-refractivity contribution >= 4 is 34.3 Å². The molecule has 3 heterocycles. The van der Waals surface area contributed by atoms with Crippen LogP contribution in [0.15, 0.2) is 54.7 Å². The minimum absolute atomic E-state index is 0.0973. The molecule has 0 aliphatic carbocycles. The fraction of sp³-hybridized carbons (Fsp3) is 0.227. The first-order valence-corrected chi connectivity index (χ1v) is 9.31. The number of para-hydroxylation sites is 2. The molecule has 1 N–H and O–H groups in total. The van der Waals surface area contributed by atoms with Crippen LogP contribution in [0.1, 0.15) is 17.5 Å². The fourth-order valence-corrected chi connectivity index (χ4v) is 4.55. The molecule has 0 bridgehead atoms. The molecular weight excluding hydrogens is 354 g/mol. The Morgan fingerprint density at radius 1 is 1.00 bits per heavy atom. The van der Waals surface area contributed by atoms with Gasteiger partial charge in [-0.3, -0.25) is 19.3 Å². The summed E-state index contributed by atoms with van der Waals surface area (Å²) in [6, 6.07) is 15.2. The number of nitrogens with zero attached hydrogens (tertiary/aromatic N) is 2. The molecule has 6 heteroatoms. The van der Waals surface area contributed by atoms with E-state index >= 15 is 0 Å². The number of nitrogens with one attached hydrogen (secondary N) is 1. The van der Waals surface area contributed by atoms with E-state index in [4.69, 9.17) is 0 Å². The predicted octanol–water partition coefficient (Wildman–Crippen LogP) is 2.38. The highest BCUT2D eigenvalue weighted by atomic mass is 16.2. The van der Waals surface area contributed by atoms with E-state index in [-0.39, 0.29) is 24.8 Å². The number of carbonyl (C=O) groups is 3. The average Bonchev–Trinajstić information content (AvgIpc) is 3.30. The molecular formula is C22H19N3O3. The van der Waals surface area contributed by atoms with E-state index in [9.17, 15) is 14.4 Å². The number of aromatic amines is 1. The lowest BCUT2D eigenvalue weighted by atomic mass is 9.80. The normalized spacial score (nSPS) is 21.4. The Labute approximate surface area is 161 Å². The summed E-state index contributed by atoms with van der Waals surface area (Å²) in [7, 11) is 1.66. The van der Waals surface area contributed by atoms with Crippen molar-refractivity contribution in [3.63, 3.8) is 0 Å². The highest BCUT2D eigenvalue weighted by Gasteiger charge is 2.62. The first-order valence-electron chi connectivity index (χ1n) is 9.31. The Hall–Kier alpha value is -3.41. The van der Waals surface area contributed by atoms with Crippen LogP contribution in [-0.2, 0) is 26.2 Å². The van der Waals surface area contributed by atoms with Crippen molar-refractivity contribution in [2.75, 3.05) is 18.5 Å². The molecule has 3 aromatic rings. The number of likely N-dealkylation sites (tertiary alicyclic amines) is 1. The van der Waals surface area contributed by atoms with Crippen molar-refractivity contribution in [2.45, 2.75) is 18.3 Å². The second kappa shape index (κ2) is 5.79. The van der Waals surface area contributed by atoms with Crippen molar-refractivity contribution in [3.05, 3.63) is 65.9 Å². The molecule has 0 unspecified atom stereocenters. The Balaban J connectivity index is 1.46. The maximum Gasteiger partial charge on any atom is 0.250 e. The van der Waals surface area contributed by atoms with E-state index < -0.39 is 11.3 Å². The number of benzene rings is 2. The quantitative estimate of drug-likeness (QED) is 0.566. The van der Waals surface area contributed by atoms with Crippen LogP contribution in [0.25, 0.3) is 10.9 Å². The average molecular weight is 373 g/mol. The lowest BCUT2D eigenvalue weighted by Gasteiger charge is -2.21. The molecule has 5 rings (SSSR count). The Bertz CT molecular complexity index is 1150. The smallest absolute Gasteiger partial charge is 0.250 e. The minimum atomic E-state index is -1.40. The van der Waals surface area contributed by atoms with Gasteiger partial charge in [-0.25, -0.2) is 0 Å². The van der Waals surface area contributed by atoms with E-state index in [0.29, 0.717) is 17.7 Å². The topological polar surface area (TPSA) is 73.5 Å². The van der Waals surface area contributed by atoms with Gasteiger partial charge in [-0.1, -0.05) is 36.4 Å². The predicted molar refractivity (Wildman–Crippen MR) is 105 cm³/mol. The van der Waals surface area contributed by atoms with Gasteiger partial charge in [0.25, 0.3) is 0 Å². The van der Waals surface area contributed by atoms with E-state index in [0.717, 1.165) is 16.5 Å². The van der Waals surface area contributed by atoms with Gasteiger partial charge in [-0.15, -0.1) is 0 Å². The summed E-state index contributed by atoms with van der Waals surface area (Å²) in [6.07, 6.45) is 2.36. The van der Waals surface area contributed by atoms with E-state index in [1.54, 1.807) is 19.2 Å². The van der Waals surface area contributed by atoms with Gasteiger partial charge >= 0.3 is 0 Å². The minimum Gasteiger partial charge on any atom is -0.361 e. The number of imide groups is 1. The van der Waals surface area contributed by atoms with Crippen LogP contribution in [0.3, 0.4) is 0 Å². The summed E-state index contributed by atoms with van der Waals surface area (Å²) in [6.45, 7) is 0.264. The third-order valence-corrected chi connectivity index (χ3v) is 6.00. The number of hydrogen-bond acceptors (Lipinski definition) is 3. The van der Waals surface area contributed by atoms with Crippen LogP contribution in [0.4, 0.5) is 5.69 Å². The zero-order valence-electron chi connectivity index (χ0n) is 15.4. The molecule has 1 fully saturated rings. The number of likely N-dealkylation sites (N-methyl/N-ethyl adjacent to an activating group) is 1. The number of carbonyl (C=O) groups excluding carboxylic acids is 3. The van der Waals surface area contributed by atoms with Crippen molar-refractivity contribution in [1.82, 2.24) is 9.88 Å². The van der Waals surface area contributed by atoms with E-state index in [2.05, 4.69) is 4.98 Å². The molecule has 3 amide bonds. The molecule has 140 valence electrons. The van der Waals surface area contributed by atoms with E-state index in [1.807, 2.05) is 42.6 Å². The maximum atomic E-state index is 13.3. The van der Waals surface area contributed by atoms with Crippen LogP contribution in [0.5, 0.6) is 0 Å². The highest BCUT2D eigenvalue weighted by molar-refractivity contribution is 6.28. The Morgan fingerprint density at radius 3 is 2.61 bits per heavy atom. The standard InChI is InChI=1S/C22H19N3O3/c1-24-18-9-5-3-7-16(18)22(20(24)27)12-19(26)25(21(22)28)11-10-14-13-23-17-8-4-2-6-15(14)17/h2-9,13,23H,10-12H2,1H3/t22-/m0/s1. The van der Waals surface area contributed by atoms with Crippen LogP contribution in [0, 0.1) is 0 Å². The van der Waals surface area contributed by atoms with Crippen LogP contribution >= 0.6 is 0 Å². The summed E-state index contributed by atoms with van der Waals surface area (Å²) < 4.78 is 0. The highest BCUT2D eigenvalue weighted by Crippen LogP contribution is 2.47. The van der Waals surface area contributed by atoms with Crippen molar-refractivity contribution in [1.29, 1.82) is 0 Å². The van der Waals surface area contributed by atoms with Gasteiger partial charge < -0.3 is 9.88 Å². The molecule has 1 aromatic heterocycles. The number of H-pyrrole nitrogens is 1. The Morgan fingerprint density at radius 2 is 1.75 bits per heavy atom. The summed E-state index contributed by atoms with van der Waals surface area (Å²) in [5, 5.41) is 1.08. The van der Waals surface area contributed by atoms with Gasteiger partial charge in [0.05, 0.1) is 6.42 Å². The third kappa shape index (κ3) is 2.05. The number of fused-ring (bicyclic) bond motifs is 3. The molecule has 0 saturated carbocycles. The number of rotatable bonds is 3. The van der Waals surface area contributed by atoms with Crippen LogP contribution < -0.4 is 4.90 Å². The second-order valence-electron chi connectivity index (χ2n) is 7.42.